The minimum atomic E-state index is -1.52. The molecule has 1 rings (SSSR count). The first-order valence-corrected chi connectivity index (χ1v) is 4.22. The van der Waals surface area contributed by atoms with E-state index < -0.39 is 24.6 Å². The molecule has 0 radical (unpaired) electrons. The maximum Gasteiger partial charge on any atom is 0.338 e. The minimum Gasteiger partial charge on any atom is -0.465 e. The third-order valence-corrected chi connectivity index (χ3v) is 1.92. The van der Waals surface area contributed by atoms with Crippen molar-refractivity contribution in [2.45, 2.75) is 6.10 Å². The Kier molecular flexibility index (Phi) is 3.74. The Morgan fingerprint density at radius 2 is 2.27 bits per heavy atom. The molecule has 0 heterocycles. The molecule has 5 heteroatoms. The van der Waals surface area contributed by atoms with E-state index in [4.69, 9.17) is 0 Å². The van der Waals surface area contributed by atoms with Crippen LogP contribution in [0, 0.1) is 5.82 Å². The highest BCUT2D eigenvalue weighted by atomic mass is 19.1. The van der Waals surface area contributed by atoms with E-state index in [9.17, 15) is 18.7 Å². The van der Waals surface area contributed by atoms with Crippen LogP contribution in [-0.4, -0.2) is 24.9 Å². The minimum absolute atomic E-state index is 0.0379. The normalized spacial score (nSPS) is 12.3. The lowest BCUT2D eigenvalue weighted by Crippen LogP contribution is -2.10. The number of carbonyl (C=O) groups is 1. The van der Waals surface area contributed by atoms with Crippen LogP contribution in [0.1, 0.15) is 22.0 Å². The summed E-state index contributed by atoms with van der Waals surface area (Å²) in [6, 6.07) is 3.10. The van der Waals surface area contributed by atoms with Gasteiger partial charge in [-0.25, -0.2) is 13.6 Å². The second kappa shape index (κ2) is 4.84. The van der Waals surface area contributed by atoms with Crippen LogP contribution in [0.15, 0.2) is 18.2 Å². The highest BCUT2D eigenvalue weighted by molar-refractivity contribution is 5.91. The average molecular weight is 216 g/mol. The van der Waals surface area contributed by atoms with Crippen molar-refractivity contribution in [1.29, 1.82) is 0 Å². The maximum atomic E-state index is 12.8. The van der Waals surface area contributed by atoms with Crippen LogP contribution < -0.4 is 0 Å². The zero-order chi connectivity index (χ0) is 11.4. The number of esters is 1. The molecule has 82 valence electrons. The lowest BCUT2D eigenvalue weighted by Gasteiger charge is -2.11. The molecule has 0 saturated heterocycles. The standard InChI is InChI=1S/C10H10F2O3/c1-15-10(14)7-3-2-6(12)4-8(7)9(13)5-11/h2-4,9,13H,5H2,1H3. The zero-order valence-corrected chi connectivity index (χ0v) is 8.04. The van der Waals surface area contributed by atoms with Crippen LogP contribution in [0.25, 0.3) is 0 Å². The number of rotatable bonds is 3. The smallest absolute Gasteiger partial charge is 0.338 e. The van der Waals surface area contributed by atoms with E-state index in [-0.39, 0.29) is 11.1 Å². The first-order chi connectivity index (χ1) is 7.10. The van der Waals surface area contributed by atoms with Crippen molar-refractivity contribution in [1.82, 2.24) is 0 Å². The highest BCUT2D eigenvalue weighted by Crippen LogP contribution is 2.20. The zero-order valence-electron chi connectivity index (χ0n) is 8.04. The summed E-state index contributed by atoms with van der Waals surface area (Å²) in [7, 11) is 1.15. The van der Waals surface area contributed by atoms with E-state index >= 15 is 0 Å². The molecule has 0 aliphatic rings. The van der Waals surface area contributed by atoms with Gasteiger partial charge in [0.05, 0.1) is 12.7 Å². The SMILES string of the molecule is COC(=O)c1ccc(F)cc1C(O)CF. The molecule has 1 unspecified atom stereocenters. The van der Waals surface area contributed by atoms with Gasteiger partial charge in [0.2, 0.25) is 0 Å². The molecule has 0 amide bonds. The molecule has 1 aromatic rings. The third kappa shape index (κ3) is 2.50. The number of ether oxygens (including phenoxy) is 1. The van der Waals surface area contributed by atoms with Crippen LogP contribution in [0.5, 0.6) is 0 Å². The fourth-order valence-corrected chi connectivity index (χ4v) is 1.19. The Bertz CT molecular complexity index is 366. The van der Waals surface area contributed by atoms with E-state index in [0.717, 1.165) is 25.3 Å². The summed E-state index contributed by atoms with van der Waals surface area (Å²) in [6.45, 7) is -1.09. The number of hydrogen-bond acceptors (Lipinski definition) is 3. The molecular formula is C10H10F2O3. The van der Waals surface area contributed by atoms with Crippen molar-refractivity contribution in [2.24, 2.45) is 0 Å². The summed E-state index contributed by atoms with van der Waals surface area (Å²) in [6.07, 6.45) is -1.52. The Labute approximate surface area is 85.3 Å². The van der Waals surface area contributed by atoms with Gasteiger partial charge in [-0.3, -0.25) is 0 Å². The first kappa shape index (κ1) is 11.6. The number of carbonyl (C=O) groups excluding carboxylic acids is 1. The predicted molar refractivity (Wildman–Crippen MR) is 48.7 cm³/mol. The number of aliphatic hydroxyl groups is 1. The Morgan fingerprint density at radius 1 is 1.60 bits per heavy atom. The van der Waals surface area contributed by atoms with Gasteiger partial charge >= 0.3 is 5.97 Å². The molecule has 15 heavy (non-hydrogen) atoms. The molecule has 0 fully saturated rings. The average Bonchev–Trinajstić information content (AvgIpc) is 2.26. The van der Waals surface area contributed by atoms with Gasteiger partial charge in [-0.15, -0.1) is 0 Å². The molecular weight excluding hydrogens is 206 g/mol. The van der Waals surface area contributed by atoms with Crippen LogP contribution >= 0.6 is 0 Å². The summed E-state index contributed by atoms with van der Waals surface area (Å²) in [5.41, 5.74) is -0.145. The van der Waals surface area contributed by atoms with Gasteiger partial charge in [0.1, 0.15) is 18.6 Å². The number of aliphatic hydroxyl groups excluding tert-OH is 1. The summed E-state index contributed by atoms with van der Waals surface area (Å²) < 4.78 is 29.5. The quantitative estimate of drug-likeness (QED) is 0.781. The fourth-order valence-electron chi connectivity index (χ4n) is 1.19. The fraction of sp³-hybridized carbons (Fsp3) is 0.300. The van der Waals surface area contributed by atoms with Gasteiger partial charge < -0.3 is 9.84 Å². The van der Waals surface area contributed by atoms with Gasteiger partial charge in [0.25, 0.3) is 0 Å². The van der Waals surface area contributed by atoms with Gasteiger partial charge in [-0.2, -0.15) is 0 Å². The molecule has 0 bridgehead atoms. The van der Waals surface area contributed by atoms with E-state index in [1.807, 2.05) is 0 Å². The monoisotopic (exact) mass is 216 g/mol. The molecule has 0 saturated carbocycles. The molecule has 1 atom stereocenters. The van der Waals surface area contributed by atoms with Crippen LogP contribution in [-0.2, 0) is 4.74 Å². The van der Waals surface area contributed by atoms with Crippen molar-refractivity contribution >= 4 is 5.97 Å². The Hall–Kier alpha value is -1.49. The van der Waals surface area contributed by atoms with Crippen molar-refractivity contribution < 1.29 is 23.4 Å². The molecule has 0 spiro atoms. The molecule has 0 aromatic heterocycles. The second-order valence-electron chi connectivity index (χ2n) is 2.89. The Morgan fingerprint density at radius 3 is 2.80 bits per heavy atom. The highest BCUT2D eigenvalue weighted by Gasteiger charge is 2.18. The predicted octanol–water partition coefficient (Wildman–Crippen LogP) is 1.62. The number of halogens is 2. The number of methoxy groups -OCH3 is 1. The molecule has 3 nitrogen and oxygen atoms in total. The molecule has 0 aliphatic carbocycles. The van der Waals surface area contributed by atoms with Crippen molar-refractivity contribution in [3.05, 3.63) is 35.1 Å². The van der Waals surface area contributed by atoms with Gasteiger partial charge in [-0.05, 0) is 18.2 Å². The van der Waals surface area contributed by atoms with Crippen molar-refractivity contribution in [3.8, 4) is 0 Å². The van der Waals surface area contributed by atoms with Crippen LogP contribution in [0.2, 0.25) is 0 Å². The molecule has 0 aliphatic heterocycles. The summed E-state index contributed by atoms with van der Waals surface area (Å²) in [5.74, 6) is -1.39. The lowest BCUT2D eigenvalue weighted by atomic mass is 10.0. The van der Waals surface area contributed by atoms with Gasteiger partial charge in [0.15, 0.2) is 0 Å². The van der Waals surface area contributed by atoms with E-state index in [0.29, 0.717) is 0 Å². The Balaban J connectivity index is 3.20. The van der Waals surface area contributed by atoms with Crippen molar-refractivity contribution in [2.75, 3.05) is 13.8 Å². The molecule has 1 N–H and O–H groups in total. The largest absolute Gasteiger partial charge is 0.465 e. The lowest BCUT2D eigenvalue weighted by molar-refractivity contribution is 0.0590. The van der Waals surface area contributed by atoms with E-state index in [2.05, 4.69) is 4.74 Å². The van der Waals surface area contributed by atoms with Gasteiger partial charge in [0, 0.05) is 5.56 Å². The van der Waals surface area contributed by atoms with Crippen LogP contribution in [0.4, 0.5) is 8.78 Å². The van der Waals surface area contributed by atoms with Crippen LogP contribution in [0.3, 0.4) is 0 Å². The van der Waals surface area contributed by atoms with E-state index in [1.54, 1.807) is 0 Å². The summed E-state index contributed by atoms with van der Waals surface area (Å²) in [5, 5.41) is 9.23. The summed E-state index contributed by atoms with van der Waals surface area (Å²) >= 11 is 0. The summed E-state index contributed by atoms with van der Waals surface area (Å²) in [4.78, 5) is 11.2. The van der Waals surface area contributed by atoms with Gasteiger partial charge in [-0.1, -0.05) is 0 Å². The number of benzene rings is 1. The number of hydrogen-bond donors (Lipinski definition) is 1. The maximum absolute atomic E-state index is 12.8. The van der Waals surface area contributed by atoms with Crippen molar-refractivity contribution in [3.63, 3.8) is 0 Å². The third-order valence-electron chi connectivity index (χ3n) is 1.92. The first-order valence-electron chi connectivity index (χ1n) is 4.22. The molecule has 1 aromatic carbocycles. The number of alkyl halides is 1. The second-order valence-corrected chi connectivity index (χ2v) is 2.89. The topological polar surface area (TPSA) is 46.5 Å². The van der Waals surface area contributed by atoms with E-state index in [1.165, 1.54) is 0 Å².